The van der Waals surface area contributed by atoms with Gasteiger partial charge >= 0.3 is 0 Å². The minimum absolute atomic E-state index is 0.145. The highest BCUT2D eigenvalue weighted by Crippen LogP contribution is 2.29. The molecule has 0 N–H and O–H groups in total. The lowest BCUT2D eigenvalue weighted by Crippen LogP contribution is -2.26. The molecule has 0 amide bonds. The molecule has 0 aliphatic carbocycles. The molecule has 0 radical (unpaired) electrons. The smallest absolute Gasteiger partial charge is 0.276 e. The van der Waals surface area contributed by atoms with Crippen LogP contribution in [0.25, 0.3) is 11.5 Å². The molecule has 0 atom stereocenters. The van der Waals surface area contributed by atoms with E-state index in [9.17, 15) is 8.42 Å². The van der Waals surface area contributed by atoms with E-state index in [0.29, 0.717) is 17.2 Å². The lowest BCUT2D eigenvalue weighted by Gasteiger charge is -2.15. The van der Waals surface area contributed by atoms with E-state index in [4.69, 9.17) is 8.94 Å². The average molecular weight is 375 g/mol. The first-order valence-electron chi connectivity index (χ1n) is 8.26. The Morgan fingerprint density at radius 1 is 1.15 bits per heavy atom. The second-order valence-corrected chi connectivity index (χ2v) is 8.09. The second-order valence-electron chi connectivity index (χ2n) is 6.11. The standard InChI is InChI=1S/C18H21N3O4S/c1-5-14-6-7-15(19-10-14)11-21(4)26(22,23)17-9-8-16(24-17)18-12(2)13(3)20-25-18/h6-10H,5,11H2,1-4H3. The van der Waals surface area contributed by atoms with Gasteiger partial charge in [0.15, 0.2) is 5.76 Å². The molecular formula is C18H21N3O4S. The van der Waals surface area contributed by atoms with Crippen molar-refractivity contribution in [2.24, 2.45) is 0 Å². The molecule has 138 valence electrons. The number of rotatable bonds is 6. The predicted octanol–water partition coefficient (Wildman–Crippen LogP) is 3.33. The van der Waals surface area contributed by atoms with Crippen molar-refractivity contribution in [2.75, 3.05) is 7.05 Å². The van der Waals surface area contributed by atoms with Crippen LogP contribution in [0.2, 0.25) is 0 Å². The SMILES string of the molecule is CCc1ccc(CN(C)S(=O)(=O)c2ccc(-c3onc(C)c3C)o2)nc1. The van der Waals surface area contributed by atoms with Crippen molar-refractivity contribution in [3.05, 3.63) is 53.0 Å². The van der Waals surface area contributed by atoms with Crippen molar-refractivity contribution >= 4 is 10.0 Å². The highest BCUT2D eigenvalue weighted by Gasteiger charge is 2.26. The van der Waals surface area contributed by atoms with Crippen molar-refractivity contribution in [3.63, 3.8) is 0 Å². The lowest BCUT2D eigenvalue weighted by molar-refractivity contribution is 0.386. The van der Waals surface area contributed by atoms with Gasteiger partial charge in [0.2, 0.25) is 10.9 Å². The zero-order valence-electron chi connectivity index (χ0n) is 15.2. The topological polar surface area (TPSA) is 89.4 Å². The first-order chi connectivity index (χ1) is 12.3. The molecule has 0 unspecified atom stereocenters. The van der Waals surface area contributed by atoms with Gasteiger partial charge < -0.3 is 8.94 Å². The predicted molar refractivity (Wildman–Crippen MR) is 95.9 cm³/mol. The third-order valence-corrected chi connectivity index (χ3v) is 5.98. The number of pyridine rings is 1. The first kappa shape index (κ1) is 18.3. The van der Waals surface area contributed by atoms with Crippen molar-refractivity contribution in [1.29, 1.82) is 0 Å². The van der Waals surface area contributed by atoms with E-state index >= 15 is 0 Å². The summed E-state index contributed by atoms with van der Waals surface area (Å²) in [6.07, 6.45) is 2.65. The largest absolute Gasteiger partial charge is 0.440 e. The molecule has 0 aliphatic heterocycles. The van der Waals surface area contributed by atoms with Crippen molar-refractivity contribution in [3.8, 4) is 11.5 Å². The van der Waals surface area contributed by atoms with E-state index in [2.05, 4.69) is 10.1 Å². The van der Waals surface area contributed by atoms with Gasteiger partial charge in [-0.3, -0.25) is 4.98 Å². The molecule has 3 heterocycles. The molecule has 3 rings (SSSR count). The highest BCUT2D eigenvalue weighted by atomic mass is 32.2. The number of aromatic nitrogens is 2. The van der Waals surface area contributed by atoms with Gasteiger partial charge in [0, 0.05) is 18.8 Å². The van der Waals surface area contributed by atoms with Crippen molar-refractivity contribution in [1.82, 2.24) is 14.4 Å². The average Bonchev–Trinajstić information content (AvgIpc) is 3.24. The molecular weight excluding hydrogens is 354 g/mol. The summed E-state index contributed by atoms with van der Waals surface area (Å²) in [5.41, 5.74) is 3.32. The summed E-state index contributed by atoms with van der Waals surface area (Å²) in [6, 6.07) is 6.77. The summed E-state index contributed by atoms with van der Waals surface area (Å²) >= 11 is 0. The molecule has 3 aromatic heterocycles. The van der Waals surface area contributed by atoms with Crippen molar-refractivity contribution < 1.29 is 17.4 Å². The lowest BCUT2D eigenvalue weighted by atomic mass is 10.2. The van der Waals surface area contributed by atoms with E-state index in [-0.39, 0.29) is 11.6 Å². The van der Waals surface area contributed by atoms with Gasteiger partial charge in [-0.25, -0.2) is 8.42 Å². The van der Waals surface area contributed by atoms with Crippen LogP contribution < -0.4 is 0 Å². The molecule has 8 heteroatoms. The zero-order valence-corrected chi connectivity index (χ0v) is 16.0. The Balaban J connectivity index is 1.82. The van der Waals surface area contributed by atoms with E-state index in [1.807, 2.05) is 32.9 Å². The van der Waals surface area contributed by atoms with Gasteiger partial charge in [-0.2, -0.15) is 4.31 Å². The molecule has 0 aliphatic rings. The molecule has 0 spiro atoms. The van der Waals surface area contributed by atoms with Crippen LogP contribution in [0.1, 0.15) is 29.4 Å². The number of furan rings is 1. The van der Waals surface area contributed by atoms with Crippen LogP contribution in [0.4, 0.5) is 0 Å². The molecule has 7 nitrogen and oxygen atoms in total. The maximum Gasteiger partial charge on any atom is 0.276 e. The van der Waals surface area contributed by atoms with Crippen LogP contribution in [0.5, 0.6) is 0 Å². The summed E-state index contributed by atoms with van der Waals surface area (Å²) in [4.78, 5) is 4.30. The Bertz CT molecular complexity index is 1000. The van der Waals surface area contributed by atoms with Gasteiger partial charge in [-0.15, -0.1) is 0 Å². The minimum atomic E-state index is -3.78. The van der Waals surface area contributed by atoms with Crippen LogP contribution in [-0.4, -0.2) is 29.9 Å². The van der Waals surface area contributed by atoms with Gasteiger partial charge in [-0.05, 0) is 44.0 Å². The Morgan fingerprint density at radius 2 is 1.92 bits per heavy atom. The number of nitrogens with zero attached hydrogens (tertiary/aromatic N) is 3. The minimum Gasteiger partial charge on any atom is -0.440 e. The second kappa shape index (κ2) is 7.05. The maximum absolute atomic E-state index is 12.8. The van der Waals surface area contributed by atoms with E-state index in [0.717, 1.165) is 23.2 Å². The van der Waals surface area contributed by atoms with Crippen LogP contribution >= 0.6 is 0 Å². The van der Waals surface area contributed by atoms with Gasteiger partial charge in [0.25, 0.3) is 10.0 Å². The fourth-order valence-corrected chi connectivity index (χ4v) is 3.49. The summed E-state index contributed by atoms with van der Waals surface area (Å²) < 4.78 is 37.5. The number of sulfonamides is 1. The fourth-order valence-electron chi connectivity index (χ4n) is 2.45. The van der Waals surface area contributed by atoms with Crippen LogP contribution in [0.15, 0.2) is 44.5 Å². The Labute approximate surface area is 152 Å². The summed E-state index contributed by atoms with van der Waals surface area (Å²) in [5, 5.41) is 3.72. The highest BCUT2D eigenvalue weighted by molar-refractivity contribution is 7.88. The molecule has 3 aromatic rings. The Hall–Kier alpha value is -2.45. The number of hydrogen-bond donors (Lipinski definition) is 0. The normalized spacial score (nSPS) is 12.0. The van der Waals surface area contributed by atoms with Gasteiger partial charge in [-0.1, -0.05) is 18.1 Å². The third kappa shape index (κ3) is 3.42. The Morgan fingerprint density at radius 3 is 2.50 bits per heavy atom. The summed E-state index contributed by atoms with van der Waals surface area (Å²) in [5.74, 6) is 0.768. The van der Waals surface area contributed by atoms with Crippen molar-refractivity contribution in [2.45, 2.75) is 38.8 Å². The van der Waals surface area contributed by atoms with E-state index in [1.54, 1.807) is 12.3 Å². The molecule has 0 fully saturated rings. The van der Waals surface area contributed by atoms with Crippen LogP contribution in [0.3, 0.4) is 0 Å². The fraction of sp³-hybridized carbons (Fsp3) is 0.333. The quantitative estimate of drug-likeness (QED) is 0.656. The van der Waals surface area contributed by atoms with E-state index in [1.165, 1.54) is 17.4 Å². The van der Waals surface area contributed by atoms with Gasteiger partial charge in [0.05, 0.1) is 17.9 Å². The summed E-state index contributed by atoms with van der Waals surface area (Å²) in [6.45, 7) is 5.85. The zero-order chi connectivity index (χ0) is 18.9. The Kier molecular flexibility index (Phi) is 4.97. The molecule has 0 bridgehead atoms. The number of hydrogen-bond acceptors (Lipinski definition) is 6. The van der Waals surface area contributed by atoms with Crippen LogP contribution in [-0.2, 0) is 23.0 Å². The monoisotopic (exact) mass is 375 g/mol. The maximum atomic E-state index is 12.8. The van der Waals surface area contributed by atoms with Crippen LogP contribution in [0, 0.1) is 13.8 Å². The molecule has 26 heavy (non-hydrogen) atoms. The molecule has 0 saturated carbocycles. The molecule has 0 aromatic carbocycles. The first-order valence-corrected chi connectivity index (χ1v) is 9.70. The van der Waals surface area contributed by atoms with Gasteiger partial charge in [0.1, 0.15) is 0 Å². The number of aryl methyl sites for hydroxylation is 2. The third-order valence-electron chi connectivity index (χ3n) is 4.31. The van der Waals surface area contributed by atoms with E-state index < -0.39 is 10.0 Å². The molecule has 0 saturated heterocycles. The summed E-state index contributed by atoms with van der Waals surface area (Å²) in [7, 11) is -2.28.